The highest BCUT2D eigenvalue weighted by molar-refractivity contribution is 5.85. The molecule has 3 aromatic rings. The van der Waals surface area contributed by atoms with Crippen LogP contribution in [-0.2, 0) is 15.0 Å². The third-order valence-corrected chi connectivity index (χ3v) is 5.49. The van der Waals surface area contributed by atoms with Crippen molar-refractivity contribution in [3.05, 3.63) is 59.8 Å². The summed E-state index contributed by atoms with van der Waals surface area (Å²) in [7, 11) is 0. The molecule has 1 aliphatic rings. The lowest BCUT2D eigenvalue weighted by Gasteiger charge is -2.15. The van der Waals surface area contributed by atoms with Gasteiger partial charge in [-0.2, -0.15) is 0 Å². The standard InChI is InChI=1S/C21H18F3NO3.CH3NO/c1-12-8-13-6-7-16(28-21(22,23)24)10-18(13)25(12)15-5-3-4-14(9-15)20(2)11-17(20)19(26)27;2-1-3/h3-10,17H,11H2,1-2H3,(H,26,27);1H,(H2,2,3). The summed E-state index contributed by atoms with van der Waals surface area (Å²) >= 11 is 0. The van der Waals surface area contributed by atoms with Crippen LogP contribution >= 0.6 is 0 Å². The first kappa shape index (κ1) is 22.2. The van der Waals surface area contributed by atoms with Crippen LogP contribution in [0.3, 0.4) is 0 Å². The maximum Gasteiger partial charge on any atom is 0.573 e. The van der Waals surface area contributed by atoms with Crippen molar-refractivity contribution in [2.75, 3.05) is 0 Å². The van der Waals surface area contributed by atoms with Crippen LogP contribution in [0, 0.1) is 12.8 Å². The molecule has 1 saturated carbocycles. The smallest absolute Gasteiger partial charge is 0.481 e. The van der Waals surface area contributed by atoms with Gasteiger partial charge in [0.25, 0.3) is 0 Å². The van der Waals surface area contributed by atoms with Crippen molar-refractivity contribution >= 4 is 23.3 Å². The van der Waals surface area contributed by atoms with E-state index in [9.17, 15) is 23.1 Å². The maximum absolute atomic E-state index is 12.6. The van der Waals surface area contributed by atoms with Gasteiger partial charge in [-0.1, -0.05) is 19.1 Å². The average molecular weight is 434 g/mol. The van der Waals surface area contributed by atoms with E-state index in [1.807, 2.05) is 48.7 Å². The van der Waals surface area contributed by atoms with Crippen molar-refractivity contribution in [1.29, 1.82) is 0 Å². The summed E-state index contributed by atoms with van der Waals surface area (Å²) in [5.74, 6) is -1.52. The fraction of sp³-hybridized carbons (Fsp3) is 0.273. The van der Waals surface area contributed by atoms with Gasteiger partial charge in [-0.25, -0.2) is 0 Å². The molecule has 2 aromatic carbocycles. The molecule has 4 rings (SSSR count). The van der Waals surface area contributed by atoms with Crippen LogP contribution in [0.5, 0.6) is 5.75 Å². The van der Waals surface area contributed by atoms with Crippen LogP contribution < -0.4 is 10.5 Å². The first-order chi connectivity index (χ1) is 14.5. The number of carboxylic acid groups (broad SMARTS) is 1. The Kier molecular flexibility index (Phi) is 5.71. The van der Waals surface area contributed by atoms with Gasteiger partial charge in [0.2, 0.25) is 6.41 Å². The van der Waals surface area contributed by atoms with Crippen LogP contribution in [0.4, 0.5) is 13.2 Å². The molecule has 1 amide bonds. The predicted molar refractivity (Wildman–Crippen MR) is 108 cm³/mol. The van der Waals surface area contributed by atoms with Crippen LogP contribution in [0.15, 0.2) is 48.5 Å². The van der Waals surface area contributed by atoms with Crippen molar-refractivity contribution in [3.63, 3.8) is 0 Å². The number of fused-ring (bicyclic) bond motifs is 1. The Balaban J connectivity index is 0.000000858. The molecule has 0 spiro atoms. The Bertz CT molecular complexity index is 1140. The van der Waals surface area contributed by atoms with Crippen LogP contribution in [0.25, 0.3) is 16.6 Å². The number of carboxylic acids is 1. The second-order valence-corrected chi connectivity index (χ2v) is 7.59. The minimum Gasteiger partial charge on any atom is -0.481 e. The summed E-state index contributed by atoms with van der Waals surface area (Å²) in [6.07, 6.45) is -3.94. The van der Waals surface area contributed by atoms with Gasteiger partial charge < -0.3 is 20.1 Å². The number of rotatable bonds is 4. The molecule has 0 saturated heterocycles. The molecule has 6 nitrogen and oxygen atoms in total. The van der Waals surface area contributed by atoms with Crippen molar-refractivity contribution < 1.29 is 32.6 Å². The van der Waals surface area contributed by atoms with Gasteiger partial charge in [0, 0.05) is 28.2 Å². The number of benzene rings is 2. The maximum atomic E-state index is 12.6. The molecule has 0 aliphatic heterocycles. The Morgan fingerprint density at radius 2 is 1.94 bits per heavy atom. The van der Waals surface area contributed by atoms with E-state index in [4.69, 9.17) is 4.79 Å². The molecule has 3 N–H and O–H groups in total. The Morgan fingerprint density at radius 3 is 2.52 bits per heavy atom. The first-order valence-electron chi connectivity index (χ1n) is 9.37. The second kappa shape index (κ2) is 7.98. The number of amides is 1. The number of aryl methyl sites for hydroxylation is 1. The number of carbonyl (C=O) groups is 2. The fourth-order valence-corrected chi connectivity index (χ4v) is 3.90. The van der Waals surface area contributed by atoms with Crippen molar-refractivity contribution in [3.8, 4) is 11.4 Å². The second-order valence-electron chi connectivity index (χ2n) is 7.59. The van der Waals surface area contributed by atoms with Gasteiger partial charge in [-0.3, -0.25) is 9.59 Å². The number of aliphatic carboxylic acids is 1. The molecule has 2 unspecified atom stereocenters. The van der Waals surface area contributed by atoms with Gasteiger partial charge in [0.05, 0.1) is 11.4 Å². The average Bonchev–Trinajstić information content (AvgIpc) is 3.27. The van der Waals surface area contributed by atoms with Crippen molar-refractivity contribution in [1.82, 2.24) is 4.57 Å². The quantitative estimate of drug-likeness (QED) is 0.599. The van der Waals surface area contributed by atoms with E-state index in [1.54, 1.807) is 6.07 Å². The minimum absolute atomic E-state index is 0.250. The summed E-state index contributed by atoms with van der Waals surface area (Å²) in [5, 5.41) is 10.1. The highest BCUT2D eigenvalue weighted by Crippen LogP contribution is 2.54. The molecule has 9 heteroatoms. The van der Waals surface area contributed by atoms with Crippen molar-refractivity contribution in [2.24, 2.45) is 11.7 Å². The lowest BCUT2D eigenvalue weighted by molar-refractivity contribution is -0.274. The first-order valence-corrected chi connectivity index (χ1v) is 9.37. The molecule has 31 heavy (non-hydrogen) atoms. The van der Waals surface area contributed by atoms with E-state index >= 15 is 0 Å². The van der Waals surface area contributed by atoms with Crippen LogP contribution in [0.1, 0.15) is 24.6 Å². The Labute approximate surface area is 176 Å². The van der Waals surface area contributed by atoms with E-state index in [0.717, 1.165) is 22.3 Å². The van der Waals surface area contributed by atoms with E-state index in [0.29, 0.717) is 11.9 Å². The summed E-state index contributed by atoms with van der Waals surface area (Å²) in [5.41, 5.74) is 6.86. The van der Waals surface area contributed by atoms with Gasteiger partial charge in [-0.05, 0) is 49.2 Å². The van der Waals surface area contributed by atoms with E-state index in [2.05, 4.69) is 10.5 Å². The van der Waals surface area contributed by atoms with Gasteiger partial charge in [0.1, 0.15) is 5.75 Å². The zero-order chi connectivity index (χ0) is 23.0. The number of halogens is 3. The summed E-state index contributed by atoms with van der Waals surface area (Å²) in [6.45, 7) is 3.79. The van der Waals surface area contributed by atoms with Gasteiger partial charge in [-0.15, -0.1) is 13.2 Å². The molecule has 2 atom stereocenters. The number of primary amides is 1. The lowest BCUT2D eigenvalue weighted by atomic mass is 9.95. The SMILES string of the molecule is Cc1cc2ccc(OC(F)(F)F)cc2n1-c1cccc(C2(C)CC2C(=O)O)c1.NC=O. The molecule has 164 valence electrons. The molecule has 1 fully saturated rings. The number of hydrogen-bond acceptors (Lipinski definition) is 3. The minimum atomic E-state index is -4.76. The number of hydrogen-bond donors (Lipinski definition) is 2. The fourth-order valence-electron chi connectivity index (χ4n) is 3.90. The normalized spacial score (nSPS) is 20.0. The molecule has 1 heterocycles. The highest BCUT2D eigenvalue weighted by atomic mass is 19.4. The summed E-state index contributed by atoms with van der Waals surface area (Å²) in [4.78, 5) is 19.9. The van der Waals surface area contributed by atoms with Gasteiger partial charge in [0.15, 0.2) is 0 Å². The van der Waals surface area contributed by atoms with Crippen LogP contribution in [-0.4, -0.2) is 28.4 Å². The topological polar surface area (TPSA) is 94.6 Å². The molecule has 0 radical (unpaired) electrons. The number of nitrogens with two attached hydrogens (primary N) is 1. The lowest BCUT2D eigenvalue weighted by Crippen LogP contribution is -2.17. The number of nitrogens with zero attached hydrogens (tertiary/aromatic N) is 1. The zero-order valence-electron chi connectivity index (χ0n) is 16.8. The third kappa shape index (κ3) is 4.50. The molecule has 1 aliphatic carbocycles. The summed E-state index contributed by atoms with van der Waals surface area (Å²) in [6, 6.07) is 13.6. The largest absolute Gasteiger partial charge is 0.573 e. The molecule has 1 aromatic heterocycles. The Morgan fingerprint density at radius 1 is 1.26 bits per heavy atom. The molecule has 0 bridgehead atoms. The number of alkyl halides is 3. The third-order valence-electron chi connectivity index (χ3n) is 5.49. The number of aromatic nitrogens is 1. The van der Waals surface area contributed by atoms with Crippen molar-refractivity contribution in [2.45, 2.75) is 32.0 Å². The van der Waals surface area contributed by atoms with E-state index in [1.165, 1.54) is 12.1 Å². The molecular weight excluding hydrogens is 413 g/mol. The predicted octanol–water partition coefficient (Wildman–Crippen LogP) is 4.30. The van der Waals surface area contributed by atoms with Gasteiger partial charge >= 0.3 is 12.3 Å². The zero-order valence-corrected chi connectivity index (χ0v) is 16.8. The summed E-state index contributed by atoms with van der Waals surface area (Å²) < 4.78 is 43.7. The van der Waals surface area contributed by atoms with E-state index in [-0.39, 0.29) is 12.2 Å². The van der Waals surface area contributed by atoms with E-state index < -0.39 is 23.7 Å². The molecular formula is C22H21F3N2O4. The Hall–Kier alpha value is -3.49. The highest BCUT2D eigenvalue weighted by Gasteiger charge is 2.55. The number of ether oxygens (including phenoxy) is 1. The monoisotopic (exact) mass is 434 g/mol. The van der Waals surface area contributed by atoms with Crippen LogP contribution in [0.2, 0.25) is 0 Å². The number of carbonyl (C=O) groups excluding carboxylic acids is 1.